The molecule has 0 atom stereocenters. The number of hydrogen-bond acceptors (Lipinski definition) is 7. The van der Waals surface area contributed by atoms with Crippen LogP contribution >= 0.6 is 11.6 Å². The SMILES string of the molecule is Cc1nc2ncnn2c(C)c1CCC(=O)OCc1cc(Cl)c2c(c1)OCO2. The van der Waals surface area contributed by atoms with Crippen LogP contribution in [0.1, 0.15) is 28.9 Å². The van der Waals surface area contributed by atoms with Crippen LogP contribution < -0.4 is 9.47 Å². The van der Waals surface area contributed by atoms with Gasteiger partial charge in [-0.25, -0.2) is 9.50 Å². The van der Waals surface area contributed by atoms with Crippen molar-refractivity contribution in [2.24, 2.45) is 0 Å². The minimum Gasteiger partial charge on any atom is -0.461 e. The van der Waals surface area contributed by atoms with Gasteiger partial charge < -0.3 is 14.2 Å². The van der Waals surface area contributed by atoms with Gasteiger partial charge in [-0.05, 0) is 43.5 Å². The molecule has 0 saturated heterocycles. The van der Waals surface area contributed by atoms with Crippen molar-refractivity contribution in [2.45, 2.75) is 33.3 Å². The lowest BCUT2D eigenvalue weighted by molar-refractivity contribution is -0.144. The third-order valence-corrected chi connectivity index (χ3v) is 4.74. The van der Waals surface area contributed by atoms with Crippen molar-refractivity contribution in [1.82, 2.24) is 19.6 Å². The molecule has 0 aliphatic carbocycles. The Labute approximate surface area is 160 Å². The van der Waals surface area contributed by atoms with Gasteiger partial charge in [-0.2, -0.15) is 10.1 Å². The number of esters is 1. The topological polar surface area (TPSA) is 87.8 Å². The van der Waals surface area contributed by atoms with Gasteiger partial charge in [-0.15, -0.1) is 0 Å². The number of nitrogens with zero attached hydrogens (tertiary/aromatic N) is 4. The average Bonchev–Trinajstić information content (AvgIpc) is 3.29. The van der Waals surface area contributed by atoms with Crippen LogP contribution in [0.2, 0.25) is 5.02 Å². The Morgan fingerprint density at radius 3 is 3.04 bits per heavy atom. The molecule has 0 spiro atoms. The summed E-state index contributed by atoms with van der Waals surface area (Å²) in [7, 11) is 0. The Balaban J connectivity index is 1.39. The van der Waals surface area contributed by atoms with E-state index in [1.165, 1.54) is 6.33 Å². The maximum atomic E-state index is 12.2. The molecule has 1 aliphatic heterocycles. The number of hydrogen-bond donors (Lipinski definition) is 0. The number of halogens is 1. The van der Waals surface area contributed by atoms with Crippen LogP contribution in [-0.2, 0) is 22.6 Å². The van der Waals surface area contributed by atoms with Gasteiger partial charge in [0.05, 0.1) is 5.02 Å². The number of benzene rings is 1. The van der Waals surface area contributed by atoms with E-state index < -0.39 is 0 Å². The number of aryl methyl sites for hydroxylation is 2. The Morgan fingerprint density at radius 1 is 1.33 bits per heavy atom. The number of carbonyl (C=O) groups excluding carboxylic acids is 1. The van der Waals surface area contributed by atoms with Gasteiger partial charge in [0.1, 0.15) is 12.9 Å². The second-order valence-electron chi connectivity index (χ2n) is 6.21. The maximum Gasteiger partial charge on any atom is 0.306 e. The summed E-state index contributed by atoms with van der Waals surface area (Å²) >= 11 is 6.14. The Kier molecular flexibility index (Phi) is 4.57. The van der Waals surface area contributed by atoms with Crippen molar-refractivity contribution in [3.8, 4) is 11.5 Å². The molecular formula is C18H17ClN4O4. The Hall–Kier alpha value is -2.87. The Morgan fingerprint density at radius 2 is 2.19 bits per heavy atom. The van der Waals surface area contributed by atoms with E-state index in [9.17, 15) is 4.79 Å². The molecule has 2 aromatic heterocycles. The van der Waals surface area contributed by atoms with Gasteiger partial charge >= 0.3 is 5.97 Å². The molecule has 3 aromatic rings. The summed E-state index contributed by atoms with van der Waals surface area (Å²) in [5.74, 6) is 1.33. The highest BCUT2D eigenvalue weighted by Crippen LogP contribution is 2.39. The molecule has 4 rings (SSSR count). The molecule has 8 nitrogen and oxygen atoms in total. The second kappa shape index (κ2) is 7.03. The molecule has 0 unspecified atom stereocenters. The fourth-order valence-corrected chi connectivity index (χ4v) is 3.37. The summed E-state index contributed by atoms with van der Waals surface area (Å²) in [5.41, 5.74) is 3.47. The summed E-state index contributed by atoms with van der Waals surface area (Å²) in [6, 6.07) is 3.47. The molecule has 0 radical (unpaired) electrons. The molecule has 0 bridgehead atoms. The minimum atomic E-state index is -0.304. The van der Waals surface area contributed by atoms with E-state index in [1.807, 2.05) is 13.8 Å². The fourth-order valence-electron chi connectivity index (χ4n) is 3.08. The summed E-state index contributed by atoms with van der Waals surface area (Å²) in [6.07, 6.45) is 2.21. The van der Waals surface area contributed by atoms with E-state index in [2.05, 4.69) is 15.1 Å². The number of aromatic nitrogens is 4. The normalized spacial score (nSPS) is 12.6. The van der Waals surface area contributed by atoms with Crippen molar-refractivity contribution in [2.75, 3.05) is 6.79 Å². The van der Waals surface area contributed by atoms with Crippen molar-refractivity contribution in [3.63, 3.8) is 0 Å². The molecule has 0 saturated carbocycles. The minimum absolute atomic E-state index is 0.119. The third kappa shape index (κ3) is 3.40. The smallest absolute Gasteiger partial charge is 0.306 e. The quantitative estimate of drug-likeness (QED) is 0.621. The average molecular weight is 389 g/mol. The highest BCUT2D eigenvalue weighted by molar-refractivity contribution is 6.32. The lowest BCUT2D eigenvalue weighted by Crippen LogP contribution is -2.10. The molecule has 9 heteroatoms. The van der Waals surface area contributed by atoms with E-state index in [-0.39, 0.29) is 25.8 Å². The van der Waals surface area contributed by atoms with Gasteiger partial charge in [-0.3, -0.25) is 4.79 Å². The largest absolute Gasteiger partial charge is 0.461 e. The lowest BCUT2D eigenvalue weighted by Gasteiger charge is -2.10. The molecule has 1 aliphatic rings. The standard InChI is InChI=1S/C18H17ClN4O4/c1-10-13(11(2)23-18(22-10)20-8-21-23)3-4-16(24)25-7-12-5-14(19)17-15(6-12)26-9-27-17/h5-6,8H,3-4,7,9H2,1-2H3. The van der Waals surface area contributed by atoms with Crippen molar-refractivity contribution < 1.29 is 19.0 Å². The van der Waals surface area contributed by atoms with Crippen LogP contribution in [0.25, 0.3) is 5.78 Å². The van der Waals surface area contributed by atoms with Crippen LogP contribution in [0.15, 0.2) is 18.5 Å². The van der Waals surface area contributed by atoms with Crippen molar-refractivity contribution in [3.05, 3.63) is 46.0 Å². The fraction of sp³-hybridized carbons (Fsp3) is 0.333. The molecular weight excluding hydrogens is 372 g/mol. The van der Waals surface area contributed by atoms with Gasteiger partial charge in [0, 0.05) is 17.8 Å². The maximum absolute atomic E-state index is 12.2. The monoisotopic (exact) mass is 388 g/mol. The van der Waals surface area contributed by atoms with Gasteiger partial charge in [0.15, 0.2) is 11.5 Å². The molecule has 27 heavy (non-hydrogen) atoms. The highest BCUT2D eigenvalue weighted by Gasteiger charge is 2.19. The van der Waals surface area contributed by atoms with E-state index in [4.69, 9.17) is 25.8 Å². The molecule has 3 heterocycles. The van der Waals surface area contributed by atoms with Gasteiger partial charge in [-0.1, -0.05) is 11.6 Å². The van der Waals surface area contributed by atoms with E-state index >= 15 is 0 Å². The van der Waals surface area contributed by atoms with Crippen LogP contribution in [0, 0.1) is 13.8 Å². The molecule has 0 amide bonds. The number of ether oxygens (including phenoxy) is 3. The summed E-state index contributed by atoms with van der Waals surface area (Å²) in [5, 5.41) is 4.59. The van der Waals surface area contributed by atoms with E-state index in [1.54, 1.807) is 16.6 Å². The number of rotatable bonds is 5. The first kappa shape index (κ1) is 17.5. The molecule has 1 aromatic carbocycles. The highest BCUT2D eigenvalue weighted by atomic mass is 35.5. The summed E-state index contributed by atoms with van der Waals surface area (Å²) in [6.45, 7) is 4.09. The van der Waals surface area contributed by atoms with Gasteiger partial charge in [0.2, 0.25) is 6.79 Å². The van der Waals surface area contributed by atoms with Crippen LogP contribution in [0.4, 0.5) is 0 Å². The van der Waals surface area contributed by atoms with Crippen molar-refractivity contribution in [1.29, 1.82) is 0 Å². The molecule has 0 fully saturated rings. The van der Waals surface area contributed by atoms with Crippen LogP contribution in [0.5, 0.6) is 11.5 Å². The van der Waals surface area contributed by atoms with Crippen LogP contribution in [0.3, 0.4) is 0 Å². The first-order chi connectivity index (χ1) is 13.0. The first-order valence-electron chi connectivity index (χ1n) is 8.42. The number of carbonyl (C=O) groups is 1. The Bertz CT molecular complexity index is 1030. The second-order valence-corrected chi connectivity index (χ2v) is 6.61. The predicted molar refractivity (Wildman–Crippen MR) is 95.9 cm³/mol. The zero-order chi connectivity index (χ0) is 19.0. The number of fused-ring (bicyclic) bond motifs is 2. The van der Waals surface area contributed by atoms with Crippen molar-refractivity contribution >= 4 is 23.3 Å². The first-order valence-corrected chi connectivity index (χ1v) is 8.80. The summed E-state index contributed by atoms with van der Waals surface area (Å²) in [4.78, 5) is 20.7. The molecule has 0 N–H and O–H groups in total. The third-order valence-electron chi connectivity index (χ3n) is 4.45. The summed E-state index contributed by atoms with van der Waals surface area (Å²) < 4.78 is 17.6. The van der Waals surface area contributed by atoms with Gasteiger partial charge in [0.25, 0.3) is 5.78 Å². The van der Waals surface area contributed by atoms with E-state index in [0.717, 1.165) is 22.5 Å². The van der Waals surface area contributed by atoms with Crippen LogP contribution in [-0.4, -0.2) is 32.3 Å². The predicted octanol–water partition coefficient (Wildman–Crippen LogP) is 2.80. The zero-order valence-electron chi connectivity index (χ0n) is 14.9. The lowest BCUT2D eigenvalue weighted by atomic mass is 10.1. The molecule has 140 valence electrons. The zero-order valence-corrected chi connectivity index (χ0v) is 15.6. The van der Waals surface area contributed by atoms with E-state index in [0.29, 0.717) is 28.7 Å².